The Morgan fingerprint density at radius 1 is 0.281 bits per heavy atom. The van der Waals surface area contributed by atoms with Gasteiger partial charge >= 0.3 is 39.5 Å². The number of hydrogen-bond donors (Lipinski definition) is 3. The van der Waals surface area contributed by atoms with Gasteiger partial charge in [-0.1, -0.05) is 356 Å². The SMILES string of the molecule is CCCCCCCCCCCCCCCCCCCCCCCCC(=O)O[C@H](COC(=O)CCCCCCCCCCCCCCCCC(C)C)COP(=O)(O)OC[C@@H](O)COP(=O)(O)OC[C@@H](COC(=O)CCCCCCCCC)OC(=O)CCCCCCCCCCCC. The lowest BCUT2D eigenvalue weighted by molar-refractivity contribution is -0.161. The third-order valence-corrected chi connectivity index (χ3v) is 19.9. The zero-order valence-electron chi connectivity index (χ0n) is 62.5. The Balaban J connectivity index is 5.14. The molecule has 96 heavy (non-hydrogen) atoms. The first-order valence-electron chi connectivity index (χ1n) is 40.1. The van der Waals surface area contributed by atoms with Gasteiger partial charge in [0.15, 0.2) is 12.2 Å². The molecule has 2 unspecified atom stereocenters. The van der Waals surface area contributed by atoms with Crippen LogP contribution in [0, 0.1) is 5.92 Å². The summed E-state index contributed by atoms with van der Waals surface area (Å²) in [6, 6.07) is 0. The van der Waals surface area contributed by atoms with Crippen LogP contribution in [0.1, 0.15) is 407 Å². The van der Waals surface area contributed by atoms with Gasteiger partial charge < -0.3 is 33.8 Å². The van der Waals surface area contributed by atoms with E-state index >= 15 is 0 Å². The van der Waals surface area contributed by atoms with E-state index in [1.807, 2.05) is 0 Å². The number of aliphatic hydroxyl groups excluding tert-OH is 1. The summed E-state index contributed by atoms with van der Waals surface area (Å²) < 4.78 is 68.4. The first-order chi connectivity index (χ1) is 46.5. The van der Waals surface area contributed by atoms with Crippen LogP contribution < -0.4 is 0 Å². The van der Waals surface area contributed by atoms with Crippen molar-refractivity contribution >= 4 is 39.5 Å². The van der Waals surface area contributed by atoms with Crippen LogP contribution in [0.5, 0.6) is 0 Å². The summed E-state index contributed by atoms with van der Waals surface area (Å²) in [7, 11) is -9.90. The highest BCUT2D eigenvalue weighted by Crippen LogP contribution is 2.45. The third-order valence-electron chi connectivity index (χ3n) is 18.0. The summed E-state index contributed by atoms with van der Waals surface area (Å²) in [5, 5.41) is 10.6. The highest BCUT2D eigenvalue weighted by molar-refractivity contribution is 7.47. The van der Waals surface area contributed by atoms with E-state index in [2.05, 4.69) is 34.6 Å². The van der Waals surface area contributed by atoms with Crippen LogP contribution in [0.4, 0.5) is 0 Å². The fourth-order valence-corrected chi connectivity index (χ4v) is 13.5. The summed E-state index contributed by atoms with van der Waals surface area (Å²) >= 11 is 0. The number of hydrogen-bond acceptors (Lipinski definition) is 15. The molecule has 0 aromatic rings. The molecule has 0 aliphatic rings. The molecule has 0 amide bonds. The molecule has 0 spiro atoms. The van der Waals surface area contributed by atoms with Gasteiger partial charge in [0.2, 0.25) is 0 Å². The Morgan fingerprint density at radius 2 is 0.479 bits per heavy atom. The maximum atomic E-state index is 13.1. The van der Waals surface area contributed by atoms with Gasteiger partial charge in [-0.05, 0) is 31.6 Å². The first kappa shape index (κ1) is 94.1. The highest BCUT2D eigenvalue weighted by atomic mass is 31.2. The van der Waals surface area contributed by atoms with Crippen LogP contribution in [0.15, 0.2) is 0 Å². The number of rotatable bonds is 77. The molecule has 0 saturated carbocycles. The van der Waals surface area contributed by atoms with Crippen molar-refractivity contribution in [2.24, 2.45) is 5.92 Å². The summed E-state index contributed by atoms with van der Waals surface area (Å²) in [6.45, 7) is 7.26. The van der Waals surface area contributed by atoms with E-state index in [1.54, 1.807) is 0 Å². The van der Waals surface area contributed by atoms with E-state index in [4.69, 9.17) is 37.0 Å². The van der Waals surface area contributed by atoms with E-state index in [0.29, 0.717) is 25.7 Å². The van der Waals surface area contributed by atoms with Crippen molar-refractivity contribution < 1.29 is 80.2 Å². The van der Waals surface area contributed by atoms with Gasteiger partial charge in [-0.2, -0.15) is 0 Å². The van der Waals surface area contributed by atoms with Crippen molar-refractivity contribution in [3.63, 3.8) is 0 Å². The van der Waals surface area contributed by atoms with E-state index < -0.39 is 97.5 Å². The van der Waals surface area contributed by atoms with Crippen molar-refractivity contribution in [1.82, 2.24) is 0 Å². The van der Waals surface area contributed by atoms with Crippen molar-refractivity contribution in [1.29, 1.82) is 0 Å². The smallest absolute Gasteiger partial charge is 0.462 e. The molecule has 3 N–H and O–H groups in total. The molecule has 0 fully saturated rings. The summed E-state index contributed by atoms with van der Waals surface area (Å²) in [5.41, 5.74) is 0. The van der Waals surface area contributed by atoms with E-state index in [0.717, 1.165) is 109 Å². The maximum Gasteiger partial charge on any atom is 0.472 e. The van der Waals surface area contributed by atoms with E-state index in [-0.39, 0.29) is 25.7 Å². The second kappa shape index (κ2) is 70.1. The number of carbonyl (C=O) groups excluding carboxylic acids is 4. The molecule has 570 valence electrons. The number of aliphatic hydroxyl groups is 1. The fourth-order valence-electron chi connectivity index (χ4n) is 11.9. The lowest BCUT2D eigenvalue weighted by atomic mass is 10.0. The van der Waals surface area contributed by atoms with Crippen LogP contribution in [0.25, 0.3) is 0 Å². The quantitative estimate of drug-likeness (QED) is 0.0222. The monoisotopic (exact) mass is 1410 g/mol. The molecule has 0 heterocycles. The minimum absolute atomic E-state index is 0.106. The third kappa shape index (κ3) is 70.5. The second-order valence-corrected chi connectivity index (χ2v) is 31.1. The lowest BCUT2D eigenvalue weighted by Crippen LogP contribution is -2.30. The average molecular weight is 1410 g/mol. The fraction of sp³-hybridized carbons (Fsp3) is 0.948. The molecule has 17 nitrogen and oxygen atoms in total. The van der Waals surface area contributed by atoms with E-state index in [9.17, 15) is 43.2 Å². The molecule has 0 radical (unpaired) electrons. The second-order valence-electron chi connectivity index (χ2n) is 28.2. The van der Waals surface area contributed by atoms with Crippen molar-refractivity contribution in [3.8, 4) is 0 Å². The predicted molar refractivity (Wildman–Crippen MR) is 391 cm³/mol. The van der Waals surface area contributed by atoms with Crippen LogP contribution in [-0.4, -0.2) is 96.7 Å². The van der Waals surface area contributed by atoms with Crippen LogP contribution in [0.2, 0.25) is 0 Å². The van der Waals surface area contributed by atoms with Gasteiger partial charge in [0.05, 0.1) is 26.4 Å². The number of unbranched alkanes of at least 4 members (excludes halogenated alkanes) is 49. The molecule has 0 aliphatic heterocycles. The van der Waals surface area contributed by atoms with Gasteiger partial charge in [0.1, 0.15) is 19.3 Å². The summed E-state index contributed by atoms with van der Waals surface area (Å²) in [5.74, 6) is -1.32. The Morgan fingerprint density at radius 3 is 0.708 bits per heavy atom. The Labute approximate surface area is 588 Å². The zero-order chi connectivity index (χ0) is 70.5. The van der Waals surface area contributed by atoms with Gasteiger partial charge in [0, 0.05) is 25.7 Å². The Hall–Kier alpha value is -1.94. The molecule has 0 aromatic heterocycles. The molecular weight excluding hydrogens is 1260 g/mol. The first-order valence-corrected chi connectivity index (χ1v) is 43.1. The molecule has 5 atom stereocenters. The molecule has 0 aromatic carbocycles. The standard InChI is InChI=1S/C77H150O17P2/c1-6-9-12-15-18-20-22-23-24-25-26-27-28-29-30-31-36-39-43-48-53-58-63-77(82)94-73(67-88-75(80)61-56-51-46-42-38-35-33-32-34-37-40-45-49-54-59-70(4)5)69-92-96(85,86)90-65-71(78)64-89-95(83,84)91-68-72(66-87-74(79)60-55-50-44-17-14-11-8-3)93-76(81)62-57-52-47-41-21-19-16-13-10-7-2/h70-73,78H,6-69H2,1-5H3,(H,83,84)(H,85,86)/t71-,72+,73+/m0/s1. The number of ether oxygens (including phenoxy) is 4. The average Bonchev–Trinajstić information content (AvgIpc) is 2.06. The van der Waals surface area contributed by atoms with Crippen molar-refractivity contribution in [2.75, 3.05) is 39.6 Å². The van der Waals surface area contributed by atoms with Gasteiger partial charge in [-0.25, -0.2) is 9.13 Å². The van der Waals surface area contributed by atoms with Crippen LogP contribution in [-0.2, 0) is 65.4 Å². The molecule has 0 saturated heterocycles. The minimum Gasteiger partial charge on any atom is -0.462 e. The Kier molecular flexibility index (Phi) is 68.7. The molecule has 19 heteroatoms. The van der Waals surface area contributed by atoms with Gasteiger partial charge in [-0.3, -0.25) is 37.3 Å². The molecule has 0 rings (SSSR count). The predicted octanol–water partition coefficient (Wildman–Crippen LogP) is 22.9. The largest absolute Gasteiger partial charge is 0.472 e. The van der Waals surface area contributed by atoms with Crippen molar-refractivity contribution in [3.05, 3.63) is 0 Å². The molecular formula is C77H150O17P2. The Bertz CT molecular complexity index is 1840. The maximum absolute atomic E-state index is 13.1. The summed E-state index contributed by atoms with van der Waals surface area (Å²) in [6.07, 6.45) is 60.0. The van der Waals surface area contributed by atoms with Gasteiger partial charge in [-0.15, -0.1) is 0 Å². The van der Waals surface area contributed by atoms with E-state index in [1.165, 1.54) is 218 Å². The van der Waals surface area contributed by atoms with Crippen LogP contribution >= 0.6 is 15.6 Å². The lowest BCUT2D eigenvalue weighted by Gasteiger charge is -2.21. The topological polar surface area (TPSA) is 237 Å². The number of carbonyl (C=O) groups is 4. The number of phosphoric ester groups is 2. The minimum atomic E-state index is -4.96. The normalized spacial score (nSPS) is 13.9. The zero-order valence-corrected chi connectivity index (χ0v) is 64.3. The van der Waals surface area contributed by atoms with Crippen molar-refractivity contribution in [2.45, 2.75) is 425 Å². The van der Waals surface area contributed by atoms with Gasteiger partial charge in [0.25, 0.3) is 0 Å². The van der Waals surface area contributed by atoms with Crippen LogP contribution in [0.3, 0.4) is 0 Å². The highest BCUT2D eigenvalue weighted by Gasteiger charge is 2.30. The molecule has 0 bridgehead atoms. The molecule has 0 aliphatic carbocycles. The summed E-state index contributed by atoms with van der Waals surface area (Å²) in [4.78, 5) is 72.6. The number of esters is 4. The number of phosphoric acid groups is 2.